The van der Waals surface area contributed by atoms with E-state index < -0.39 is 0 Å². The van der Waals surface area contributed by atoms with Crippen LogP contribution in [0.15, 0.2) is 233 Å². The van der Waals surface area contributed by atoms with Crippen molar-refractivity contribution in [1.82, 2.24) is 24.1 Å². The van der Waals surface area contributed by atoms with Crippen molar-refractivity contribution in [1.29, 1.82) is 0 Å². The second-order valence-electron chi connectivity index (χ2n) is 18.0. The Morgan fingerprint density at radius 2 is 0.843 bits per heavy atom. The number of furan rings is 2. The van der Waals surface area contributed by atoms with Crippen LogP contribution in [-0.2, 0) is 0 Å². The molecule has 70 heavy (non-hydrogen) atoms. The fourth-order valence-electron chi connectivity index (χ4n) is 10.8. The molecule has 326 valence electrons. The first-order valence-electron chi connectivity index (χ1n) is 23.5. The molecular weight excluding hydrogens is 859 g/mol. The maximum absolute atomic E-state index is 6.66. The molecule has 0 saturated heterocycles. The molecule has 0 amide bonds. The lowest BCUT2D eigenvalue weighted by Crippen LogP contribution is -2.06. The van der Waals surface area contributed by atoms with Crippen LogP contribution in [0.25, 0.3) is 144 Å². The monoisotopic (exact) mass is 895 g/mol. The van der Waals surface area contributed by atoms with Crippen molar-refractivity contribution >= 4 is 87.5 Å². The van der Waals surface area contributed by atoms with Gasteiger partial charge < -0.3 is 13.4 Å². The lowest BCUT2D eigenvalue weighted by Gasteiger charge is -2.12. The topological polar surface area (TPSA) is 74.8 Å². The highest BCUT2D eigenvalue weighted by Gasteiger charge is 2.22. The smallest absolute Gasteiger partial charge is 0.238 e. The Balaban J connectivity index is 0.950. The van der Waals surface area contributed by atoms with Gasteiger partial charge in [-0.25, -0.2) is 4.98 Å². The number of aromatic nitrogens is 5. The fraction of sp³-hybridized carbons (Fsp3) is 0. The van der Waals surface area contributed by atoms with Crippen LogP contribution in [0.4, 0.5) is 0 Å². The standard InChI is InChI=1S/C63H37N5O2/c1-3-14-38(15-4-1)39-28-32-54-50(34-39)45-19-8-11-23-53(45)68(54)63-65-61(42-27-31-48-47-20-9-12-24-56(47)70-59(48)37-42)64-62(66-63)49-21-13-25-58-60(49)51-35-40(29-33-57(51)69-58)41-26-30-46-44-18-7-10-22-52(44)67(55(46)36-41)43-16-5-2-6-17-43/h1-37H. The van der Waals surface area contributed by atoms with Crippen molar-refractivity contribution in [2.45, 2.75) is 0 Å². The van der Waals surface area contributed by atoms with Gasteiger partial charge in [-0.2, -0.15) is 9.97 Å². The van der Waals surface area contributed by atoms with Crippen LogP contribution >= 0.6 is 0 Å². The van der Waals surface area contributed by atoms with Crippen molar-refractivity contribution in [3.8, 4) is 56.7 Å². The minimum atomic E-state index is 0.510. The van der Waals surface area contributed by atoms with Gasteiger partial charge >= 0.3 is 0 Å². The van der Waals surface area contributed by atoms with Gasteiger partial charge in [-0.05, 0) is 101 Å². The minimum absolute atomic E-state index is 0.510. The van der Waals surface area contributed by atoms with Crippen LogP contribution in [0.1, 0.15) is 0 Å². The van der Waals surface area contributed by atoms with Gasteiger partial charge in [-0.3, -0.25) is 4.57 Å². The Morgan fingerprint density at radius 1 is 0.286 bits per heavy atom. The zero-order chi connectivity index (χ0) is 45.9. The molecule has 0 spiro atoms. The third kappa shape index (κ3) is 5.85. The Morgan fingerprint density at radius 3 is 1.70 bits per heavy atom. The molecule has 0 radical (unpaired) electrons. The SMILES string of the molecule is c1ccc(-c2ccc3c(c2)c2ccccc2n3-c2nc(-c3ccc4c(c3)oc3ccccc34)nc(-c3cccc4oc5ccc(-c6ccc7c8ccccc8n(-c8ccccc8)c7c6)cc5c34)n2)cc1. The van der Waals surface area contributed by atoms with Crippen molar-refractivity contribution in [3.05, 3.63) is 224 Å². The van der Waals surface area contributed by atoms with Crippen LogP contribution in [0, 0.1) is 0 Å². The molecule has 0 atom stereocenters. The van der Waals surface area contributed by atoms with Crippen LogP contribution in [0.5, 0.6) is 0 Å². The zero-order valence-electron chi connectivity index (χ0n) is 37.4. The van der Waals surface area contributed by atoms with Crippen molar-refractivity contribution in [2.75, 3.05) is 0 Å². The molecule has 7 heteroatoms. The molecule has 0 bridgehead atoms. The van der Waals surface area contributed by atoms with E-state index in [2.05, 4.69) is 197 Å². The summed E-state index contributed by atoms with van der Waals surface area (Å²) in [6, 6.07) is 78.6. The van der Waals surface area contributed by atoms with Crippen molar-refractivity contribution < 1.29 is 8.83 Å². The van der Waals surface area contributed by atoms with Crippen molar-refractivity contribution in [2.24, 2.45) is 0 Å². The number of para-hydroxylation sites is 4. The van der Waals surface area contributed by atoms with Crippen LogP contribution in [-0.4, -0.2) is 24.1 Å². The van der Waals surface area contributed by atoms with Gasteiger partial charge in [-0.1, -0.05) is 146 Å². The second-order valence-corrected chi connectivity index (χ2v) is 18.0. The molecular formula is C63H37N5O2. The van der Waals surface area contributed by atoms with E-state index in [9.17, 15) is 0 Å². The number of rotatable bonds is 6. The average Bonchev–Trinajstić information content (AvgIpc) is 4.18. The van der Waals surface area contributed by atoms with E-state index in [1.165, 1.54) is 16.3 Å². The number of hydrogen-bond donors (Lipinski definition) is 0. The Bertz CT molecular complexity index is 4600. The van der Waals surface area contributed by atoms with Gasteiger partial charge in [0.2, 0.25) is 5.95 Å². The zero-order valence-corrected chi connectivity index (χ0v) is 37.4. The summed E-state index contributed by atoms with van der Waals surface area (Å²) < 4.78 is 17.6. The summed E-state index contributed by atoms with van der Waals surface area (Å²) in [6.07, 6.45) is 0. The summed E-state index contributed by atoms with van der Waals surface area (Å²) >= 11 is 0. The van der Waals surface area contributed by atoms with Crippen LogP contribution in [0.3, 0.4) is 0 Å². The number of nitrogens with zero attached hydrogens (tertiary/aromatic N) is 5. The predicted octanol–water partition coefficient (Wildman–Crippen LogP) is 16.5. The molecule has 0 N–H and O–H groups in total. The largest absolute Gasteiger partial charge is 0.456 e. The molecule has 0 aliphatic heterocycles. The molecule has 0 saturated carbocycles. The second kappa shape index (κ2) is 15.0. The van der Waals surface area contributed by atoms with Crippen LogP contribution in [0.2, 0.25) is 0 Å². The van der Waals surface area contributed by atoms with Crippen LogP contribution < -0.4 is 0 Å². The Hall–Kier alpha value is -9.59. The summed E-state index contributed by atoms with van der Waals surface area (Å²) in [5.74, 6) is 1.57. The first-order valence-corrected chi connectivity index (χ1v) is 23.5. The summed E-state index contributed by atoms with van der Waals surface area (Å²) in [5.41, 5.74) is 14.7. The van der Waals surface area contributed by atoms with Gasteiger partial charge in [0.1, 0.15) is 22.3 Å². The normalized spacial score (nSPS) is 12.0. The molecule has 10 aromatic carbocycles. The molecule has 0 unspecified atom stereocenters. The highest BCUT2D eigenvalue weighted by Crippen LogP contribution is 2.42. The summed E-state index contributed by atoms with van der Waals surface area (Å²) in [4.78, 5) is 16.1. The molecule has 5 heterocycles. The van der Waals surface area contributed by atoms with E-state index in [4.69, 9.17) is 23.8 Å². The van der Waals surface area contributed by atoms with E-state index in [-0.39, 0.29) is 0 Å². The number of fused-ring (bicyclic) bond motifs is 12. The molecule has 15 rings (SSSR count). The average molecular weight is 896 g/mol. The van der Waals surface area contributed by atoms with Gasteiger partial charge in [0.25, 0.3) is 0 Å². The quantitative estimate of drug-likeness (QED) is 0.166. The third-order valence-electron chi connectivity index (χ3n) is 14.0. The summed E-state index contributed by atoms with van der Waals surface area (Å²) in [7, 11) is 0. The highest BCUT2D eigenvalue weighted by molar-refractivity contribution is 6.15. The molecule has 7 nitrogen and oxygen atoms in total. The molecule has 15 aromatic rings. The lowest BCUT2D eigenvalue weighted by atomic mass is 9.99. The molecule has 0 aliphatic rings. The minimum Gasteiger partial charge on any atom is -0.456 e. The maximum Gasteiger partial charge on any atom is 0.238 e. The Kier molecular flexibility index (Phi) is 8.23. The number of hydrogen-bond acceptors (Lipinski definition) is 5. The summed E-state index contributed by atoms with van der Waals surface area (Å²) in [5, 5.41) is 8.67. The Labute approximate surface area is 399 Å². The van der Waals surface area contributed by atoms with Gasteiger partial charge in [0, 0.05) is 59.9 Å². The molecule has 0 aliphatic carbocycles. The highest BCUT2D eigenvalue weighted by atomic mass is 16.3. The van der Waals surface area contributed by atoms with E-state index in [0.29, 0.717) is 17.6 Å². The van der Waals surface area contributed by atoms with Gasteiger partial charge in [-0.15, -0.1) is 0 Å². The number of benzene rings is 10. The molecule has 5 aromatic heterocycles. The van der Waals surface area contributed by atoms with E-state index in [0.717, 1.165) is 110 Å². The van der Waals surface area contributed by atoms with Crippen molar-refractivity contribution in [3.63, 3.8) is 0 Å². The fourth-order valence-corrected chi connectivity index (χ4v) is 10.8. The lowest BCUT2D eigenvalue weighted by molar-refractivity contribution is 0.668. The first kappa shape index (κ1) is 38.5. The van der Waals surface area contributed by atoms with Gasteiger partial charge in [0.15, 0.2) is 11.6 Å². The van der Waals surface area contributed by atoms with E-state index >= 15 is 0 Å². The first-order chi connectivity index (χ1) is 34.7. The summed E-state index contributed by atoms with van der Waals surface area (Å²) in [6.45, 7) is 0. The molecule has 0 fully saturated rings. The maximum atomic E-state index is 6.66. The predicted molar refractivity (Wildman–Crippen MR) is 285 cm³/mol. The van der Waals surface area contributed by atoms with E-state index in [1.54, 1.807) is 0 Å². The third-order valence-corrected chi connectivity index (χ3v) is 14.0. The van der Waals surface area contributed by atoms with Gasteiger partial charge in [0.05, 0.1) is 22.1 Å². The van der Waals surface area contributed by atoms with E-state index in [1.807, 2.05) is 36.4 Å².